The molecule has 0 unspecified atom stereocenters. The second-order valence-corrected chi connectivity index (χ2v) is 5.97. The highest BCUT2D eigenvalue weighted by molar-refractivity contribution is 6.07. The Labute approximate surface area is 94.9 Å². The fourth-order valence-corrected chi connectivity index (χ4v) is 3.11. The molecule has 16 heavy (non-hydrogen) atoms. The first-order valence-corrected chi connectivity index (χ1v) is 5.48. The Kier molecular flexibility index (Phi) is 2.11. The van der Waals surface area contributed by atoms with Crippen molar-refractivity contribution < 1.29 is 14.3 Å². The number of nitrogens with one attached hydrogen (secondary N) is 2. The number of imide groups is 1. The third-order valence-corrected chi connectivity index (χ3v) is 3.02. The van der Waals surface area contributed by atoms with E-state index in [-0.39, 0.29) is 5.91 Å². The number of ether oxygens (including phenoxy) is 1. The summed E-state index contributed by atoms with van der Waals surface area (Å²) in [5.74, 6) is -0.234. The van der Waals surface area contributed by atoms with Crippen LogP contribution in [0.3, 0.4) is 0 Å². The second-order valence-electron chi connectivity index (χ2n) is 5.97. The predicted octanol–water partition coefficient (Wildman–Crippen LogP) is 0.932. The summed E-state index contributed by atoms with van der Waals surface area (Å²) < 4.78 is 5.90. The first-order valence-electron chi connectivity index (χ1n) is 5.48. The zero-order chi connectivity index (χ0) is 12.2. The van der Waals surface area contributed by atoms with E-state index >= 15 is 0 Å². The molecule has 0 aromatic carbocycles. The van der Waals surface area contributed by atoms with E-state index in [9.17, 15) is 9.59 Å². The van der Waals surface area contributed by atoms with Crippen molar-refractivity contribution >= 4 is 11.9 Å². The normalized spacial score (nSPS) is 30.0. The van der Waals surface area contributed by atoms with Crippen LogP contribution in [0.25, 0.3) is 0 Å². The van der Waals surface area contributed by atoms with Crippen molar-refractivity contribution in [2.75, 3.05) is 0 Å². The zero-order valence-electron chi connectivity index (χ0n) is 10.1. The van der Waals surface area contributed by atoms with E-state index < -0.39 is 22.8 Å². The molecule has 2 fully saturated rings. The summed E-state index contributed by atoms with van der Waals surface area (Å²) in [4.78, 5) is 23.2. The highest BCUT2D eigenvalue weighted by atomic mass is 16.5. The molecule has 2 N–H and O–H groups in total. The average Bonchev–Trinajstić information content (AvgIpc) is 2.17. The van der Waals surface area contributed by atoms with Gasteiger partial charge in [-0.05, 0) is 27.7 Å². The molecule has 0 aromatic rings. The number of carbonyl (C=O) groups excluding carboxylic acids is 2. The maximum absolute atomic E-state index is 11.9. The number of hydrogen-bond donors (Lipinski definition) is 2. The molecule has 5 nitrogen and oxygen atoms in total. The lowest BCUT2D eigenvalue weighted by Gasteiger charge is -2.48. The van der Waals surface area contributed by atoms with Gasteiger partial charge in [0.25, 0.3) is 5.91 Å². The third kappa shape index (κ3) is 1.80. The topological polar surface area (TPSA) is 67.4 Å². The Hall–Kier alpha value is -1.10. The van der Waals surface area contributed by atoms with Crippen LogP contribution in [-0.4, -0.2) is 28.7 Å². The van der Waals surface area contributed by atoms with Crippen molar-refractivity contribution in [3.63, 3.8) is 0 Å². The summed E-state index contributed by atoms with van der Waals surface area (Å²) in [6.07, 6.45) is 1.00. The van der Waals surface area contributed by atoms with Gasteiger partial charge in [0.05, 0.1) is 11.2 Å². The summed E-state index contributed by atoms with van der Waals surface area (Å²) in [5, 5.41) is 5.06. The Morgan fingerprint density at radius 1 is 1.06 bits per heavy atom. The average molecular weight is 226 g/mol. The zero-order valence-corrected chi connectivity index (χ0v) is 10.1. The first kappa shape index (κ1) is 11.4. The van der Waals surface area contributed by atoms with E-state index in [0.29, 0.717) is 12.8 Å². The molecule has 0 bridgehead atoms. The number of rotatable bonds is 0. The van der Waals surface area contributed by atoms with E-state index in [1.54, 1.807) is 0 Å². The minimum Gasteiger partial charge on any atom is -0.369 e. The SMILES string of the molecule is CC1(C)CC2(CC(C)(C)O1)NC(=O)NC2=O. The van der Waals surface area contributed by atoms with Crippen molar-refractivity contribution in [3.8, 4) is 0 Å². The molecule has 0 saturated carbocycles. The second kappa shape index (κ2) is 2.97. The van der Waals surface area contributed by atoms with Crippen LogP contribution in [0, 0.1) is 0 Å². The summed E-state index contributed by atoms with van der Waals surface area (Å²) in [7, 11) is 0. The monoisotopic (exact) mass is 226 g/mol. The van der Waals surface area contributed by atoms with E-state index in [1.165, 1.54) is 0 Å². The van der Waals surface area contributed by atoms with Crippen LogP contribution >= 0.6 is 0 Å². The van der Waals surface area contributed by atoms with Crippen LogP contribution in [0.1, 0.15) is 40.5 Å². The van der Waals surface area contributed by atoms with E-state index in [0.717, 1.165) is 0 Å². The van der Waals surface area contributed by atoms with Crippen molar-refractivity contribution in [2.45, 2.75) is 57.3 Å². The van der Waals surface area contributed by atoms with Crippen molar-refractivity contribution in [3.05, 3.63) is 0 Å². The Balaban J connectivity index is 2.35. The van der Waals surface area contributed by atoms with E-state index in [1.807, 2.05) is 27.7 Å². The van der Waals surface area contributed by atoms with Gasteiger partial charge in [0.1, 0.15) is 5.54 Å². The molecule has 0 aliphatic carbocycles. The van der Waals surface area contributed by atoms with Crippen LogP contribution in [0.5, 0.6) is 0 Å². The summed E-state index contributed by atoms with van der Waals surface area (Å²) in [6, 6.07) is -0.404. The summed E-state index contributed by atoms with van der Waals surface area (Å²) in [5.41, 5.74) is -1.64. The number of carbonyl (C=O) groups is 2. The van der Waals surface area contributed by atoms with Crippen LogP contribution in [0.2, 0.25) is 0 Å². The molecule has 0 radical (unpaired) electrons. The van der Waals surface area contributed by atoms with Gasteiger partial charge in [0, 0.05) is 12.8 Å². The molecule has 2 rings (SSSR count). The van der Waals surface area contributed by atoms with Crippen molar-refractivity contribution in [2.24, 2.45) is 0 Å². The van der Waals surface area contributed by atoms with Gasteiger partial charge < -0.3 is 10.1 Å². The van der Waals surface area contributed by atoms with Crippen molar-refractivity contribution in [1.82, 2.24) is 10.6 Å². The highest BCUT2D eigenvalue weighted by Crippen LogP contribution is 2.42. The maximum Gasteiger partial charge on any atom is 0.322 e. The predicted molar refractivity (Wildman–Crippen MR) is 57.9 cm³/mol. The van der Waals surface area contributed by atoms with Crippen molar-refractivity contribution in [1.29, 1.82) is 0 Å². The van der Waals surface area contributed by atoms with Crippen LogP contribution < -0.4 is 10.6 Å². The molecule has 2 aliphatic rings. The van der Waals surface area contributed by atoms with Gasteiger partial charge in [-0.2, -0.15) is 0 Å². The van der Waals surface area contributed by atoms with Gasteiger partial charge in [-0.15, -0.1) is 0 Å². The molecule has 1 spiro atoms. The van der Waals surface area contributed by atoms with Gasteiger partial charge in [-0.3, -0.25) is 10.1 Å². The van der Waals surface area contributed by atoms with Gasteiger partial charge in [-0.25, -0.2) is 4.79 Å². The smallest absolute Gasteiger partial charge is 0.322 e. The lowest BCUT2D eigenvalue weighted by atomic mass is 9.75. The van der Waals surface area contributed by atoms with E-state index in [4.69, 9.17) is 4.74 Å². The van der Waals surface area contributed by atoms with Gasteiger partial charge in [-0.1, -0.05) is 0 Å². The fourth-order valence-electron chi connectivity index (χ4n) is 3.11. The molecule has 0 atom stereocenters. The van der Waals surface area contributed by atoms with Crippen LogP contribution in [0.15, 0.2) is 0 Å². The third-order valence-electron chi connectivity index (χ3n) is 3.02. The molecule has 2 aliphatic heterocycles. The summed E-state index contributed by atoms with van der Waals surface area (Å²) in [6.45, 7) is 7.75. The molecule has 0 aromatic heterocycles. The largest absolute Gasteiger partial charge is 0.369 e. The number of urea groups is 1. The molecule has 5 heteroatoms. The lowest BCUT2D eigenvalue weighted by Crippen LogP contribution is -2.61. The Bertz CT molecular complexity index is 344. The number of hydrogen-bond acceptors (Lipinski definition) is 3. The molecule has 3 amide bonds. The standard InChI is InChI=1S/C11H18N2O3/c1-9(2)5-11(6-10(3,4)16-9)7(14)12-8(15)13-11/h5-6H2,1-4H3,(H2,12,13,14,15). The van der Waals surface area contributed by atoms with Gasteiger partial charge in [0.2, 0.25) is 0 Å². The Morgan fingerprint density at radius 2 is 1.56 bits per heavy atom. The molecule has 2 heterocycles. The van der Waals surface area contributed by atoms with Gasteiger partial charge >= 0.3 is 6.03 Å². The van der Waals surface area contributed by atoms with E-state index in [2.05, 4.69) is 10.6 Å². The molecule has 2 saturated heterocycles. The summed E-state index contributed by atoms with van der Waals surface area (Å²) >= 11 is 0. The molecular weight excluding hydrogens is 208 g/mol. The number of amides is 3. The van der Waals surface area contributed by atoms with Gasteiger partial charge in [0.15, 0.2) is 0 Å². The maximum atomic E-state index is 11.9. The molecule has 90 valence electrons. The van der Waals surface area contributed by atoms with Crippen LogP contribution in [-0.2, 0) is 9.53 Å². The highest BCUT2D eigenvalue weighted by Gasteiger charge is 2.56. The first-order chi connectivity index (χ1) is 7.14. The molecular formula is C11H18N2O3. The Morgan fingerprint density at radius 3 is 1.94 bits per heavy atom. The lowest BCUT2D eigenvalue weighted by molar-refractivity contribution is -0.183. The minimum absolute atomic E-state index is 0.234. The quantitative estimate of drug-likeness (QED) is 0.604. The fraction of sp³-hybridized carbons (Fsp3) is 0.818. The van der Waals surface area contributed by atoms with Crippen LogP contribution in [0.4, 0.5) is 4.79 Å². The minimum atomic E-state index is -0.803.